The molecule has 0 saturated carbocycles. The van der Waals surface area contributed by atoms with Crippen LogP contribution in [-0.2, 0) is 6.42 Å². The van der Waals surface area contributed by atoms with Crippen molar-refractivity contribution in [1.29, 1.82) is 0 Å². The molecule has 0 bridgehead atoms. The van der Waals surface area contributed by atoms with Gasteiger partial charge in [0.25, 0.3) is 0 Å². The largest absolute Gasteiger partial charge is 0.313 e. The van der Waals surface area contributed by atoms with E-state index in [9.17, 15) is 0 Å². The molecule has 1 atom stereocenters. The zero-order valence-electron chi connectivity index (χ0n) is 11.4. The highest BCUT2D eigenvalue weighted by atomic mass is 79.9. The predicted molar refractivity (Wildman–Crippen MR) is 90.8 cm³/mol. The van der Waals surface area contributed by atoms with Crippen molar-refractivity contribution in [2.75, 3.05) is 7.05 Å². The number of hydrogen-bond acceptors (Lipinski definition) is 1. The highest BCUT2D eigenvalue weighted by Gasteiger charge is 2.15. The first-order valence-corrected chi connectivity index (χ1v) is 7.94. The van der Waals surface area contributed by atoms with Gasteiger partial charge in [-0.05, 0) is 61.3 Å². The lowest BCUT2D eigenvalue weighted by molar-refractivity contribution is 0.588. The Kier molecular flexibility index (Phi) is 5.50. The first-order valence-electron chi connectivity index (χ1n) is 6.39. The molecule has 0 spiro atoms. The van der Waals surface area contributed by atoms with Crippen molar-refractivity contribution >= 4 is 39.1 Å². The number of benzene rings is 2. The molecule has 0 radical (unpaired) electrons. The molecule has 20 heavy (non-hydrogen) atoms. The molecule has 1 N–H and O–H groups in total. The van der Waals surface area contributed by atoms with Gasteiger partial charge in [0, 0.05) is 20.6 Å². The number of nitrogens with one attached hydrogen (secondary N) is 1. The molecular weight excluding hydrogens is 357 g/mol. The summed E-state index contributed by atoms with van der Waals surface area (Å²) in [6.45, 7) is 2.11. The molecule has 2 aromatic carbocycles. The van der Waals surface area contributed by atoms with Crippen LogP contribution in [0.1, 0.15) is 22.7 Å². The summed E-state index contributed by atoms with van der Waals surface area (Å²) in [6, 6.07) is 12.0. The van der Waals surface area contributed by atoms with Gasteiger partial charge in [-0.15, -0.1) is 0 Å². The van der Waals surface area contributed by atoms with Crippen LogP contribution in [0.5, 0.6) is 0 Å². The molecule has 0 aromatic heterocycles. The van der Waals surface area contributed by atoms with Crippen molar-refractivity contribution in [1.82, 2.24) is 5.32 Å². The van der Waals surface area contributed by atoms with E-state index in [-0.39, 0.29) is 6.04 Å². The number of halogens is 3. The zero-order chi connectivity index (χ0) is 14.7. The molecule has 1 nitrogen and oxygen atoms in total. The second kappa shape index (κ2) is 6.95. The Hall–Kier alpha value is -0.540. The third-order valence-electron chi connectivity index (χ3n) is 3.47. The van der Waals surface area contributed by atoms with E-state index in [1.54, 1.807) is 0 Å². The predicted octanol–water partition coefficient (Wildman–Crippen LogP) is 5.57. The van der Waals surface area contributed by atoms with Crippen molar-refractivity contribution in [3.63, 3.8) is 0 Å². The highest BCUT2D eigenvalue weighted by molar-refractivity contribution is 9.10. The van der Waals surface area contributed by atoms with Gasteiger partial charge in [0.15, 0.2) is 0 Å². The molecule has 0 heterocycles. The van der Waals surface area contributed by atoms with E-state index in [2.05, 4.69) is 46.4 Å². The number of rotatable bonds is 4. The van der Waals surface area contributed by atoms with Crippen LogP contribution in [0, 0.1) is 6.92 Å². The lowest BCUT2D eigenvalue weighted by atomic mass is 9.95. The molecule has 0 aliphatic heterocycles. The van der Waals surface area contributed by atoms with Gasteiger partial charge in [-0.3, -0.25) is 0 Å². The van der Waals surface area contributed by atoms with Gasteiger partial charge in [-0.25, -0.2) is 0 Å². The molecule has 2 aromatic rings. The summed E-state index contributed by atoms with van der Waals surface area (Å²) in [5.74, 6) is 0. The maximum absolute atomic E-state index is 6.26. The lowest BCUT2D eigenvalue weighted by Gasteiger charge is -2.20. The molecule has 0 aliphatic rings. The normalized spacial score (nSPS) is 12.4. The van der Waals surface area contributed by atoms with Crippen molar-refractivity contribution in [3.8, 4) is 0 Å². The van der Waals surface area contributed by atoms with Crippen molar-refractivity contribution in [2.24, 2.45) is 0 Å². The van der Waals surface area contributed by atoms with Crippen LogP contribution in [0.3, 0.4) is 0 Å². The second-order valence-corrected chi connectivity index (χ2v) is 6.43. The Bertz CT molecular complexity index is 613. The molecule has 2 rings (SSSR count). The minimum atomic E-state index is 0.198. The van der Waals surface area contributed by atoms with Crippen LogP contribution in [0.2, 0.25) is 10.0 Å². The van der Waals surface area contributed by atoms with E-state index in [1.807, 2.05) is 25.2 Å². The van der Waals surface area contributed by atoms with Gasteiger partial charge >= 0.3 is 0 Å². The van der Waals surface area contributed by atoms with E-state index in [1.165, 1.54) is 11.1 Å². The molecule has 0 amide bonds. The first kappa shape index (κ1) is 15.8. The van der Waals surface area contributed by atoms with Gasteiger partial charge in [0.05, 0.1) is 0 Å². The van der Waals surface area contributed by atoms with Gasteiger partial charge in [0.1, 0.15) is 0 Å². The third-order valence-corrected chi connectivity index (χ3v) is 4.93. The van der Waals surface area contributed by atoms with Crippen LogP contribution in [-0.4, -0.2) is 7.05 Å². The standard InChI is InChI=1S/C16H16BrCl2N/c1-10-13(4-3-5-14(10)17)16(20-2)9-11-8-12(18)6-7-15(11)19/h3-8,16,20H,9H2,1-2H3. The van der Waals surface area contributed by atoms with E-state index in [0.29, 0.717) is 5.02 Å². The Morgan fingerprint density at radius 2 is 1.95 bits per heavy atom. The zero-order valence-corrected chi connectivity index (χ0v) is 14.5. The van der Waals surface area contributed by atoms with Crippen LogP contribution in [0.25, 0.3) is 0 Å². The molecule has 0 fully saturated rings. The fourth-order valence-electron chi connectivity index (χ4n) is 2.29. The summed E-state index contributed by atoms with van der Waals surface area (Å²) < 4.78 is 1.12. The van der Waals surface area contributed by atoms with Gasteiger partial charge in [-0.2, -0.15) is 0 Å². The SMILES string of the molecule is CNC(Cc1cc(Cl)ccc1Cl)c1cccc(Br)c1C. The fraction of sp³-hybridized carbons (Fsp3) is 0.250. The monoisotopic (exact) mass is 371 g/mol. The molecule has 106 valence electrons. The molecule has 1 unspecified atom stereocenters. The maximum atomic E-state index is 6.26. The van der Waals surface area contributed by atoms with E-state index >= 15 is 0 Å². The fourth-order valence-corrected chi connectivity index (χ4v) is 3.06. The second-order valence-electron chi connectivity index (χ2n) is 4.74. The van der Waals surface area contributed by atoms with Crippen LogP contribution >= 0.6 is 39.1 Å². The Morgan fingerprint density at radius 3 is 2.65 bits per heavy atom. The highest BCUT2D eigenvalue weighted by Crippen LogP contribution is 2.29. The Labute approximate surface area is 138 Å². The summed E-state index contributed by atoms with van der Waals surface area (Å²) in [7, 11) is 1.96. The number of hydrogen-bond donors (Lipinski definition) is 1. The minimum absolute atomic E-state index is 0.198. The first-order chi connectivity index (χ1) is 9.52. The van der Waals surface area contributed by atoms with Crippen LogP contribution in [0.15, 0.2) is 40.9 Å². The minimum Gasteiger partial charge on any atom is -0.313 e. The molecule has 0 aliphatic carbocycles. The van der Waals surface area contributed by atoms with E-state index in [0.717, 1.165) is 21.5 Å². The molecular formula is C16H16BrCl2N. The van der Waals surface area contributed by atoms with E-state index < -0.39 is 0 Å². The van der Waals surface area contributed by atoms with Gasteiger partial charge in [0.2, 0.25) is 0 Å². The summed E-state index contributed by atoms with van der Waals surface area (Å²) in [4.78, 5) is 0. The van der Waals surface area contributed by atoms with Crippen LogP contribution in [0.4, 0.5) is 0 Å². The van der Waals surface area contributed by atoms with Gasteiger partial charge in [-0.1, -0.05) is 51.3 Å². The smallest absolute Gasteiger partial charge is 0.0439 e. The van der Waals surface area contributed by atoms with Crippen molar-refractivity contribution in [3.05, 3.63) is 67.6 Å². The van der Waals surface area contributed by atoms with Crippen molar-refractivity contribution in [2.45, 2.75) is 19.4 Å². The summed E-state index contributed by atoms with van der Waals surface area (Å²) >= 11 is 15.9. The summed E-state index contributed by atoms with van der Waals surface area (Å²) in [6.07, 6.45) is 0.799. The molecule has 0 saturated heterocycles. The molecule has 4 heteroatoms. The van der Waals surface area contributed by atoms with Crippen LogP contribution < -0.4 is 5.32 Å². The summed E-state index contributed by atoms with van der Waals surface area (Å²) in [5, 5.41) is 4.82. The van der Waals surface area contributed by atoms with E-state index in [4.69, 9.17) is 23.2 Å². The average molecular weight is 373 g/mol. The maximum Gasteiger partial charge on any atom is 0.0439 e. The quantitative estimate of drug-likeness (QED) is 0.739. The van der Waals surface area contributed by atoms with Gasteiger partial charge < -0.3 is 5.32 Å². The summed E-state index contributed by atoms with van der Waals surface area (Å²) in [5.41, 5.74) is 3.56. The topological polar surface area (TPSA) is 12.0 Å². The van der Waals surface area contributed by atoms with Crippen molar-refractivity contribution < 1.29 is 0 Å². The Morgan fingerprint density at radius 1 is 1.20 bits per heavy atom. The number of likely N-dealkylation sites (N-methyl/N-ethyl adjacent to an activating group) is 1. The Balaban J connectivity index is 2.34. The third kappa shape index (κ3) is 3.56. The average Bonchev–Trinajstić information content (AvgIpc) is 2.43. The lowest BCUT2D eigenvalue weighted by Crippen LogP contribution is -2.20.